The summed E-state index contributed by atoms with van der Waals surface area (Å²) in [5.74, 6) is 1.54. The highest BCUT2D eigenvalue weighted by molar-refractivity contribution is 5.83. The van der Waals surface area contributed by atoms with E-state index < -0.39 is 0 Å². The predicted octanol–water partition coefficient (Wildman–Crippen LogP) is 3.60. The molecule has 3 rings (SSSR count). The SMILES string of the molecule is C=CCNc1ncnc(Oc2ccc3ccccc3c2)c1N. The van der Waals surface area contributed by atoms with E-state index in [0.717, 1.165) is 10.8 Å². The van der Waals surface area contributed by atoms with Crippen LogP contribution < -0.4 is 15.8 Å². The lowest BCUT2D eigenvalue weighted by Crippen LogP contribution is -2.06. The summed E-state index contributed by atoms with van der Waals surface area (Å²) in [5, 5.41) is 5.29. The number of rotatable bonds is 5. The standard InChI is InChI=1S/C17H16N4O/c1-2-9-19-16-15(18)17(21-11-20-16)22-14-8-7-12-5-3-4-6-13(12)10-14/h2-8,10-11H,1,9,18H2,(H,19,20,21). The Hall–Kier alpha value is -3.08. The molecular formula is C17H16N4O. The lowest BCUT2D eigenvalue weighted by atomic mass is 10.1. The van der Waals surface area contributed by atoms with Crippen molar-refractivity contribution in [3.63, 3.8) is 0 Å². The van der Waals surface area contributed by atoms with Gasteiger partial charge in [0, 0.05) is 6.54 Å². The Bertz CT molecular complexity index is 817. The van der Waals surface area contributed by atoms with Crippen molar-refractivity contribution in [1.29, 1.82) is 0 Å². The van der Waals surface area contributed by atoms with Gasteiger partial charge >= 0.3 is 0 Å². The highest BCUT2D eigenvalue weighted by atomic mass is 16.5. The molecule has 1 aromatic heterocycles. The summed E-state index contributed by atoms with van der Waals surface area (Å²) in [6.45, 7) is 4.21. The van der Waals surface area contributed by atoms with Gasteiger partial charge in [-0.1, -0.05) is 36.4 Å². The Morgan fingerprint density at radius 2 is 1.95 bits per heavy atom. The van der Waals surface area contributed by atoms with Crippen LogP contribution in [0.2, 0.25) is 0 Å². The van der Waals surface area contributed by atoms with Gasteiger partial charge in [-0.2, -0.15) is 4.98 Å². The largest absolute Gasteiger partial charge is 0.437 e. The van der Waals surface area contributed by atoms with Crippen LogP contribution in [0.1, 0.15) is 0 Å². The number of nitrogens with two attached hydrogens (primary N) is 1. The van der Waals surface area contributed by atoms with E-state index in [1.54, 1.807) is 6.08 Å². The first-order valence-corrected chi connectivity index (χ1v) is 6.90. The molecule has 0 aliphatic rings. The number of nitrogens with zero attached hydrogens (tertiary/aromatic N) is 2. The van der Waals surface area contributed by atoms with E-state index in [-0.39, 0.29) is 0 Å². The van der Waals surface area contributed by atoms with Crippen molar-refractivity contribution in [2.45, 2.75) is 0 Å². The lowest BCUT2D eigenvalue weighted by molar-refractivity contribution is 0.465. The lowest BCUT2D eigenvalue weighted by Gasteiger charge is -2.11. The number of nitrogens with one attached hydrogen (secondary N) is 1. The minimum absolute atomic E-state index is 0.330. The van der Waals surface area contributed by atoms with E-state index in [9.17, 15) is 0 Å². The fraction of sp³-hybridized carbons (Fsp3) is 0.0588. The molecule has 0 amide bonds. The van der Waals surface area contributed by atoms with Crippen molar-refractivity contribution in [2.24, 2.45) is 0 Å². The zero-order chi connectivity index (χ0) is 15.4. The van der Waals surface area contributed by atoms with Crippen molar-refractivity contribution >= 4 is 22.3 Å². The van der Waals surface area contributed by atoms with Crippen LogP contribution in [0.15, 0.2) is 61.4 Å². The first-order chi connectivity index (χ1) is 10.8. The average molecular weight is 292 g/mol. The molecule has 0 saturated heterocycles. The molecule has 5 nitrogen and oxygen atoms in total. The van der Waals surface area contributed by atoms with Crippen molar-refractivity contribution in [1.82, 2.24) is 9.97 Å². The molecule has 1 heterocycles. The smallest absolute Gasteiger partial charge is 0.248 e. The molecule has 2 aromatic carbocycles. The number of ether oxygens (including phenoxy) is 1. The second-order valence-electron chi connectivity index (χ2n) is 4.72. The van der Waals surface area contributed by atoms with E-state index in [2.05, 4.69) is 27.9 Å². The number of nitrogen functional groups attached to an aromatic ring is 1. The summed E-state index contributed by atoms with van der Waals surface area (Å²) >= 11 is 0. The predicted molar refractivity (Wildman–Crippen MR) is 89.2 cm³/mol. The summed E-state index contributed by atoms with van der Waals surface area (Å²) < 4.78 is 5.80. The highest BCUT2D eigenvalue weighted by Crippen LogP contribution is 2.30. The van der Waals surface area contributed by atoms with Gasteiger partial charge in [0.25, 0.3) is 0 Å². The second-order valence-corrected chi connectivity index (χ2v) is 4.72. The molecule has 3 aromatic rings. The van der Waals surface area contributed by atoms with Gasteiger partial charge in [-0.05, 0) is 22.9 Å². The number of hydrogen-bond donors (Lipinski definition) is 2. The maximum Gasteiger partial charge on any atom is 0.248 e. The Kier molecular flexibility index (Phi) is 3.87. The van der Waals surface area contributed by atoms with E-state index >= 15 is 0 Å². The van der Waals surface area contributed by atoms with Crippen molar-refractivity contribution in [3.05, 3.63) is 61.4 Å². The van der Waals surface area contributed by atoms with Crippen LogP contribution in [-0.4, -0.2) is 16.5 Å². The average Bonchev–Trinajstić information content (AvgIpc) is 2.55. The van der Waals surface area contributed by atoms with Crippen molar-refractivity contribution < 1.29 is 4.74 Å². The second kappa shape index (κ2) is 6.13. The van der Waals surface area contributed by atoms with Crippen LogP contribution in [0, 0.1) is 0 Å². The van der Waals surface area contributed by atoms with Crippen molar-refractivity contribution in [2.75, 3.05) is 17.6 Å². The number of benzene rings is 2. The van der Waals surface area contributed by atoms with Crippen LogP contribution in [0.4, 0.5) is 11.5 Å². The van der Waals surface area contributed by atoms with Crippen LogP contribution in [0.25, 0.3) is 10.8 Å². The first kappa shape index (κ1) is 13.9. The van der Waals surface area contributed by atoms with E-state index in [1.165, 1.54) is 6.33 Å². The first-order valence-electron chi connectivity index (χ1n) is 6.90. The zero-order valence-electron chi connectivity index (χ0n) is 12.0. The van der Waals surface area contributed by atoms with Gasteiger partial charge in [0.15, 0.2) is 5.82 Å². The molecule has 3 N–H and O–H groups in total. The fourth-order valence-corrected chi connectivity index (χ4v) is 2.11. The minimum atomic E-state index is 0.330. The van der Waals surface area contributed by atoms with Crippen LogP contribution in [0.5, 0.6) is 11.6 Å². The molecule has 0 bridgehead atoms. The van der Waals surface area contributed by atoms with Gasteiger partial charge in [-0.15, -0.1) is 6.58 Å². The molecule has 22 heavy (non-hydrogen) atoms. The van der Waals surface area contributed by atoms with Gasteiger partial charge in [-0.25, -0.2) is 4.98 Å². The zero-order valence-corrected chi connectivity index (χ0v) is 12.0. The van der Waals surface area contributed by atoms with Gasteiger partial charge in [-0.3, -0.25) is 0 Å². The van der Waals surface area contributed by atoms with Gasteiger partial charge in [0.1, 0.15) is 17.8 Å². The molecule has 0 saturated carbocycles. The number of aromatic nitrogens is 2. The van der Waals surface area contributed by atoms with Gasteiger partial charge < -0.3 is 15.8 Å². The quantitative estimate of drug-likeness (QED) is 0.703. The molecule has 0 spiro atoms. The molecular weight excluding hydrogens is 276 g/mol. The number of hydrogen-bond acceptors (Lipinski definition) is 5. The normalized spacial score (nSPS) is 10.4. The van der Waals surface area contributed by atoms with E-state index in [1.807, 2.05) is 36.4 Å². The fourth-order valence-electron chi connectivity index (χ4n) is 2.11. The third kappa shape index (κ3) is 2.83. The summed E-state index contributed by atoms with van der Waals surface area (Å²) in [7, 11) is 0. The highest BCUT2D eigenvalue weighted by Gasteiger charge is 2.10. The Balaban J connectivity index is 1.89. The maximum absolute atomic E-state index is 6.04. The van der Waals surface area contributed by atoms with Crippen LogP contribution in [-0.2, 0) is 0 Å². The third-order valence-corrected chi connectivity index (χ3v) is 3.20. The topological polar surface area (TPSA) is 73.1 Å². The van der Waals surface area contributed by atoms with Crippen molar-refractivity contribution in [3.8, 4) is 11.6 Å². The molecule has 0 atom stereocenters. The van der Waals surface area contributed by atoms with Gasteiger partial charge in [0.05, 0.1) is 0 Å². The number of fused-ring (bicyclic) bond motifs is 1. The van der Waals surface area contributed by atoms with Gasteiger partial charge in [0.2, 0.25) is 5.88 Å². The van der Waals surface area contributed by atoms with Crippen LogP contribution >= 0.6 is 0 Å². The summed E-state index contributed by atoms with van der Waals surface area (Å²) in [6.07, 6.45) is 3.14. The number of anilines is 2. The molecule has 5 heteroatoms. The maximum atomic E-state index is 6.04. The summed E-state index contributed by atoms with van der Waals surface area (Å²) in [4.78, 5) is 8.19. The monoisotopic (exact) mass is 292 g/mol. The summed E-state index contributed by atoms with van der Waals surface area (Å²) in [6, 6.07) is 13.9. The molecule has 0 aliphatic heterocycles. The molecule has 110 valence electrons. The van der Waals surface area contributed by atoms with E-state index in [0.29, 0.717) is 29.7 Å². The molecule has 0 aliphatic carbocycles. The van der Waals surface area contributed by atoms with E-state index in [4.69, 9.17) is 10.5 Å². The Labute approximate surface area is 128 Å². The molecule has 0 radical (unpaired) electrons. The molecule has 0 fully saturated rings. The Morgan fingerprint density at radius 1 is 1.14 bits per heavy atom. The Morgan fingerprint density at radius 3 is 2.77 bits per heavy atom. The third-order valence-electron chi connectivity index (χ3n) is 3.20. The minimum Gasteiger partial charge on any atom is -0.437 e. The van der Waals surface area contributed by atoms with Crippen LogP contribution in [0.3, 0.4) is 0 Å². The molecule has 0 unspecified atom stereocenters. The summed E-state index contributed by atoms with van der Waals surface area (Å²) in [5.41, 5.74) is 6.41.